The van der Waals surface area contributed by atoms with Crippen LogP contribution in [0.3, 0.4) is 0 Å². The van der Waals surface area contributed by atoms with Crippen molar-refractivity contribution in [2.45, 2.75) is 59.7 Å². The van der Waals surface area contributed by atoms with E-state index < -0.39 is 0 Å². The number of nitrogens with one attached hydrogen (secondary N) is 1. The van der Waals surface area contributed by atoms with Crippen molar-refractivity contribution in [3.8, 4) is 0 Å². The Hall–Kier alpha value is -1.03. The van der Waals surface area contributed by atoms with Gasteiger partial charge in [0.2, 0.25) is 0 Å². The van der Waals surface area contributed by atoms with Crippen LogP contribution in [0.1, 0.15) is 40.5 Å². The quantitative estimate of drug-likeness (QED) is 0.770. The molecule has 0 aromatic carbocycles. The van der Waals surface area contributed by atoms with Gasteiger partial charge in [0.25, 0.3) is 0 Å². The van der Waals surface area contributed by atoms with Crippen LogP contribution < -0.4 is 11.0 Å². The summed E-state index contributed by atoms with van der Waals surface area (Å²) in [5.74, 6) is 0.575. The maximum Gasteiger partial charge on any atom is 0.328 e. The molecule has 1 aromatic rings. The van der Waals surface area contributed by atoms with Crippen molar-refractivity contribution in [1.82, 2.24) is 14.5 Å². The number of hydrogen-bond acceptors (Lipinski definition) is 2. The third kappa shape index (κ3) is 3.73. The lowest BCUT2D eigenvalue weighted by atomic mass is 9.99. The summed E-state index contributed by atoms with van der Waals surface area (Å²) in [6, 6.07) is 0.371. The minimum atomic E-state index is 0.114. The largest absolute Gasteiger partial charge is 0.328 e. The van der Waals surface area contributed by atoms with Crippen molar-refractivity contribution in [1.29, 1.82) is 0 Å². The van der Waals surface area contributed by atoms with Crippen LogP contribution in [0.15, 0.2) is 17.2 Å². The monoisotopic (exact) mass is 253 g/mol. The van der Waals surface area contributed by atoms with Crippen molar-refractivity contribution in [2.75, 3.05) is 6.54 Å². The smallest absolute Gasteiger partial charge is 0.312 e. The maximum atomic E-state index is 12.1. The van der Waals surface area contributed by atoms with E-state index >= 15 is 0 Å². The van der Waals surface area contributed by atoms with Gasteiger partial charge < -0.3 is 5.32 Å². The number of rotatable bonds is 8. The van der Waals surface area contributed by atoms with Gasteiger partial charge in [-0.25, -0.2) is 4.79 Å². The third-order valence-electron chi connectivity index (χ3n) is 3.57. The number of aromatic nitrogens is 2. The zero-order chi connectivity index (χ0) is 13.5. The van der Waals surface area contributed by atoms with Gasteiger partial charge in [0.1, 0.15) is 0 Å². The van der Waals surface area contributed by atoms with E-state index in [1.807, 2.05) is 17.0 Å². The van der Waals surface area contributed by atoms with Gasteiger partial charge in [-0.05, 0) is 18.9 Å². The molecule has 1 aromatic heterocycles. The molecule has 0 radical (unpaired) electrons. The molecule has 0 aliphatic rings. The van der Waals surface area contributed by atoms with Crippen molar-refractivity contribution < 1.29 is 0 Å². The number of aryl methyl sites for hydroxylation is 1. The predicted molar refractivity (Wildman–Crippen MR) is 75.9 cm³/mol. The molecule has 0 amide bonds. The summed E-state index contributed by atoms with van der Waals surface area (Å²) in [4.78, 5) is 12.1. The van der Waals surface area contributed by atoms with Gasteiger partial charge in [-0.15, -0.1) is 0 Å². The van der Waals surface area contributed by atoms with Gasteiger partial charge >= 0.3 is 5.69 Å². The highest BCUT2D eigenvalue weighted by Gasteiger charge is 2.16. The Balaban J connectivity index is 2.77. The van der Waals surface area contributed by atoms with Crippen molar-refractivity contribution in [3.63, 3.8) is 0 Å². The lowest BCUT2D eigenvalue weighted by Gasteiger charge is -2.23. The van der Waals surface area contributed by atoms with Crippen LogP contribution in [-0.2, 0) is 13.1 Å². The summed E-state index contributed by atoms with van der Waals surface area (Å²) >= 11 is 0. The second-order valence-corrected chi connectivity index (χ2v) is 4.98. The Morgan fingerprint density at radius 2 is 1.89 bits per heavy atom. The Morgan fingerprint density at radius 1 is 1.22 bits per heavy atom. The molecule has 1 heterocycles. The maximum absolute atomic E-state index is 12.1. The first-order valence-electron chi connectivity index (χ1n) is 7.12. The third-order valence-corrected chi connectivity index (χ3v) is 3.57. The molecule has 0 fully saturated rings. The first kappa shape index (κ1) is 15.0. The molecule has 1 rings (SSSR count). The van der Waals surface area contributed by atoms with E-state index in [1.54, 1.807) is 4.57 Å². The predicted octanol–water partition coefficient (Wildman–Crippen LogP) is 2.08. The molecule has 18 heavy (non-hydrogen) atoms. The van der Waals surface area contributed by atoms with E-state index in [4.69, 9.17) is 0 Å². The molecule has 2 atom stereocenters. The Kier molecular flexibility index (Phi) is 6.19. The van der Waals surface area contributed by atoms with Crippen molar-refractivity contribution in [3.05, 3.63) is 22.9 Å². The van der Waals surface area contributed by atoms with Crippen LogP contribution in [-0.4, -0.2) is 21.7 Å². The van der Waals surface area contributed by atoms with Gasteiger partial charge in [0.05, 0.1) is 0 Å². The first-order valence-corrected chi connectivity index (χ1v) is 7.12. The van der Waals surface area contributed by atoms with Crippen molar-refractivity contribution >= 4 is 0 Å². The highest BCUT2D eigenvalue weighted by molar-refractivity contribution is 4.84. The standard InChI is InChI=1S/C14H27N3O/c1-5-8-16-9-10-17(14(16)18)11-13(15-7-3)12(4)6-2/h9-10,12-13,15H,5-8,11H2,1-4H3. The molecule has 0 saturated carbocycles. The zero-order valence-electron chi connectivity index (χ0n) is 12.1. The number of nitrogens with zero attached hydrogens (tertiary/aromatic N) is 2. The fourth-order valence-corrected chi connectivity index (χ4v) is 2.21. The molecule has 0 aliphatic carbocycles. The minimum absolute atomic E-state index is 0.114. The SMILES string of the molecule is CCCn1ccn(CC(NCC)C(C)CC)c1=O. The van der Waals surface area contributed by atoms with Crippen LogP contribution >= 0.6 is 0 Å². The normalized spacial score (nSPS) is 14.7. The number of hydrogen-bond donors (Lipinski definition) is 1. The molecule has 4 heteroatoms. The van der Waals surface area contributed by atoms with Crippen LogP contribution in [0, 0.1) is 5.92 Å². The Bertz CT molecular complexity index is 394. The minimum Gasteiger partial charge on any atom is -0.312 e. The van der Waals surface area contributed by atoms with E-state index in [9.17, 15) is 4.79 Å². The summed E-state index contributed by atoms with van der Waals surface area (Å²) in [6.45, 7) is 11.1. The molecular formula is C14H27N3O. The van der Waals surface area contributed by atoms with Gasteiger partial charge in [0, 0.05) is 31.5 Å². The second-order valence-electron chi connectivity index (χ2n) is 4.98. The molecule has 0 spiro atoms. The van der Waals surface area contributed by atoms with Gasteiger partial charge in [-0.3, -0.25) is 9.13 Å². The van der Waals surface area contributed by atoms with Gasteiger partial charge in [-0.2, -0.15) is 0 Å². The lowest BCUT2D eigenvalue weighted by Crippen LogP contribution is -2.40. The Labute approximate surface area is 110 Å². The number of imidazole rings is 1. The zero-order valence-corrected chi connectivity index (χ0v) is 12.1. The van der Waals surface area contributed by atoms with Crippen LogP contribution in [0.2, 0.25) is 0 Å². The summed E-state index contributed by atoms with van der Waals surface area (Å²) in [7, 11) is 0. The molecule has 4 nitrogen and oxygen atoms in total. The highest BCUT2D eigenvalue weighted by atomic mass is 16.1. The molecule has 0 aliphatic heterocycles. The van der Waals surface area contributed by atoms with Gasteiger partial charge in [-0.1, -0.05) is 34.1 Å². The summed E-state index contributed by atoms with van der Waals surface area (Å²) in [6.07, 6.45) is 5.92. The van der Waals surface area contributed by atoms with E-state index in [0.717, 1.165) is 32.5 Å². The first-order chi connectivity index (χ1) is 8.63. The second kappa shape index (κ2) is 7.41. The fraction of sp³-hybridized carbons (Fsp3) is 0.786. The van der Waals surface area contributed by atoms with E-state index in [1.165, 1.54) is 0 Å². The van der Waals surface area contributed by atoms with E-state index in [2.05, 4.69) is 33.0 Å². The molecule has 0 saturated heterocycles. The van der Waals surface area contributed by atoms with Gasteiger partial charge in [0.15, 0.2) is 0 Å². The molecule has 0 bridgehead atoms. The molecular weight excluding hydrogens is 226 g/mol. The average Bonchev–Trinajstić information content (AvgIpc) is 2.70. The molecule has 2 unspecified atom stereocenters. The number of likely N-dealkylation sites (N-methyl/N-ethyl adjacent to an activating group) is 1. The molecule has 104 valence electrons. The average molecular weight is 253 g/mol. The van der Waals surface area contributed by atoms with Crippen molar-refractivity contribution in [2.24, 2.45) is 5.92 Å². The van der Waals surface area contributed by atoms with Crippen LogP contribution in [0.25, 0.3) is 0 Å². The van der Waals surface area contributed by atoms with Crippen LogP contribution in [0.4, 0.5) is 0 Å². The van der Waals surface area contributed by atoms with E-state index in [-0.39, 0.29) is 5.69 Å². The topological polar surface area (TPSA) is 39.0 Å². The lowest BCUT2D eigenvalue weighted by molar-refractivity contribution is 0.330. The summed E-state index contributed by atoms with van der Waals surface area (Å²) in [5, 5.41) is 3.48. The molecule has 1 N–H and O–H groups in total. The summed E-state index contributed by atoms with van der Waals surface area (Å²) in [5.41, 5.74) is 0.114. The summed E-state index contributed by atoms with van der Waals surface area (Å²) < 4.78 is 3.62. The van der Waals surface area contributed by atoms with E-state index in [0.29, 0.717) is 12.0 Å². The fourth-order valence-electron chi connectivity index (χ4n) is 2.21. The van der Waals surface area contributed by atoms with Crippen LogP contribution in [0.5, 0.6) is 0 Å². The highest BCUT2D eigenvalue weighted by Crippen LogP contribution is 2.09. The Morgan fingerprint density at radius 3 is 2.44 bits per heavy atom.